The van der Waals surface area contributed by atoms with Crippen LogP contribution >= 0.6 is 0 Å². The molecule has 1 N–H and O–H groups in total. The van der Waals surface area contributed by atoms with Crippen molar-refractivity contribution in [1.82, 2.24) is 9.80 Å². The van der Waals surface area contributed by atoms with Crippen LogP contribution in [0.5, 0.6) is 0 Å². The van der Waals surface area contributed by atoms with E-state index in [9.17, 15) is 18.0 Å². The number of alkyl halides is 3. The smallest absolute Gasteiger partial charge is 0.355 e. The Bertz CT molecular complexity index is 836. The monoisotopic (exact) mass is 391 g/mol. The van der Waals surface area contributed by atoms with E-state index < -0.39 is 11.7 Å². The Morgan fingerprint density at radius 1 is 1.14 bits per heavy atom. The standard InChI is InChI=1S/C21H24F3N3O/c1-26(2)17-9-6-12-27(14-17)20(28)18-10-3-4-11-19(18)25-16-8-5-7-15(13-16)21(22,23)24/h3-5,7-8,10-11,13,17,25H,6,9,12,14H2,1-2H3. The zero-order valence-corrected chi connectivity index (χ0v) is 16.0. The summed E-state index contributed by atoms with van der Waals surface area (Å²) in [6, 6.07) is 12.2. The van der Waals surface area contributed by atoms with Gasteiger partial charge in [-0.15, -0.1) is 0 Å². The quantitative estimate of drug-likeness (QED) is 0.826. The number of piperidine rings is 1. The maximum absolute atomic E-state index is 13.1. The van der Waals surface area contributed by atoms with E-state index in [0.29, 0.717) is 36.1 Å². The average Bonchev–Trinajstić information content (AvgIpc) is 2.67. The molecule has 7 heteroatoms. The molecule has 4 nitrogen and oxygen atoms in total. The SMILES string of the molecule is CN(C)C1CCCN(C(=O)c2ccccc2Nc2cccc(C(F)(F)F)c2)C1. The van der Waals surface area contributed by atoms with Crippen molar-refractivity contribution in [2.75, 3.05) is 32.5 Å². The highest BCUT2D eigenvalue weighted by molar-refractivity contribution is 6.00. The molecule has 1 heterocycles. The summed E-state index contributed by atoms with van der Waals surface area (Å²) in [5, 5.41) is 2.98. The van der Waals surface area contributed by atoms with Crippen molar-refractivity contribution in [3.05, 3.63) is 59.7 Å². The largest absolute Gasteiger partial charge is 0.416 e. The fourth-order valence-electron chi connectivity index (χ4n) is 3.44. The highest BCUT2D eigenvalue weighted by Gasteiger charge is 2.30. The van der Waals surface area contributed by atoms with Crippen LogP contribution in [0.25, 0.3) is 0 Å². The number of likely N-dealkylation sites (tertiary alicyclic amines) is 1. The Morgan fingerprint density at radius 3 is 2.61 bits per heavy atom. The topological polar surface area (TPSA) is 35.6 Å². The molecule has 1 saturated heterocycles. The van der Waals surface area contributed by atoms with Gasteiger partial charge in [0.1, 0.15) is 0 Å². The summed E-state index contributed by atoms with van der Waals surface area (Å²) < 4.78 is 38.9. The van der Waals surface area contributed by atoms with Crippen molar-refractivity contribution in [2.24, 2.45) is 0 Å². The van der Waals surface area contributed by atoms with Gasteiger partial charge in [-0.3, -0.25) is 4.79 Å². The van der Waals surface area contributed by atoms with Crippen molar-refractivity contribution in [1.29, 1.82) is 0 Å². The second-order valence-electron chi connectivity index (χ2n) is 7.26. The second-order valence-corrected chi connectivity index (χ2v) is 7.26. The first-order chi connectivity index (χ1) is 13.3. The van der Waals surface area contributed by atoms with Crippen LogP contribution in [0.3, 0.4) is 0 Å². The molecule has 1 aliphatic rings. The molecule has 2 aromatic carbocycles. The fraction of sp³-hybridized carbons (Fsp3) is 0.381. The number of halogens is 3. The number of nitrogens with zero attached hydrogens (tertiary/aromatic N) is 2. The van der Waals surface area contributed by atoms with Crippen molar-refractivity contribution in [2.45, 2.75) is 25.1 Å². The zero-order chi connectivity index (χ0) is 20.3. The van der Waals surface area contributed by atoms with Gasteiger partial charge in [-0.05, 0) is 57.3 Å². The second kappa shape index (κ2) is 8.22. The Balaban J connectivity index is 1.83. The highest BCUT2D eigenvalue weighted by atomic mass is 19.4. The molecule has 0 spiro atoms. The third kappa shape index (κ3) is 4.65. The Kier molecular flexibility index (Phi) is 5.93. The number of hydrogen-bond donors (Lipinski definition) is 1. The van der Waals surface area contributed by atoms with Gasteiger partial charge in [-0.2, -0.15) is 13.2 Å². The van der Waals surface area contributed by atoms with E-state index in [1.807, 2.05) is 19.0 Å². The lowest BCUT2D eigenvalue weighted by Gasteiger charge is -2.36. The van der Waals surface area contributed by atoms with Gasteiger partial charge in [-0.25, -0.2) is 0 Å². The minimum absolute atomic E-state index is 0.110. The van der Waals surface area contributed by atoms with Crippen molar-refractivity contribution < 1.29 is 18.0 Å². The lowest BCUT2D eigenvalue weighted by molar-refractivity contribution is -0.137. The van der Waals surface area contributed by atoms with Crippen molar-refractivity contribution >= 4 is 17.3 Å². The molecule has 1 amide bonds. The van der Waals surface area contributed by atoms with Gasteiger partial charge < -0.3 is 15.1 Å². The van der Waals surface area contributed by atoms with Crippen LogP contribution in [0.4, 0.5) is 24.5 Å². The van der Waals surface area contributed by atoms with E-state index in [1.165, 1.54) is 6.07 Å². The van der Waals surface area contributed by atoms with E-state index in [1.54, 1.807) is 30.3 Å². The minimum Gasteiger partial charge on any atom is -0.355 e. The third-order valence-corrected chi connectivity index (χ3v) is 5.04. The molecular formula is C21H24F3N3O. The molecule has 2 aromatic rings. The summed E-state index contributed by atoms with van der Waals surface area (Å²) in [4.78, 5) is 17.0. The number of likely N-dealkylation sites (N-methyl/N-ethyl adjacent to an activating group) is 1. The molecule has 1 atom stereocenters. The number of benzene rings is 2. The Morgan fingerprint density at radius 2 is 1.89 bits per heavy atom. The summed E-state index contributed by atoms with van der Waals surface area (Å²) in [6.45, 7) is 1.32. The van der Waals surface area contributed by atoms with Gasteiger partial charge in [0.25, 0.3) is 5.91 Å². The highest BCUT2D eigenvalue weighted by Crippen LogP contribution is 2.32. The summed E-state index contributed by atoms with van der Waals surface area (Å²) in [5.41, 5.74) is 0.518. The number of amides is 1. The molecule has 28 heavy (non-hydrogen) atoms. The van der Waals surface area contributed by atoms with E-state index in [-0.39, 0.29) is 5.91 Å². The zero-order valence-electron chi connectivity index (χ0n) is 16.0. The van der Waals surface area contributed by atoms with Crippen LogP contribution in [-0.4, -0.2) is 48.9 Å². The number of para-hydroxylation sites is 1. The lowest BCUT2D eigenvalue weighted by atomic mass is 10.0. The number of nitrogens with one attached hydrogen (secondary N) is 1. The van der Waals surface area contributed by atoms with Gasteiger partial charge in [-0.1, -0.05) is 18.2 Å². The molecule has 1 fully saturated rings. The maximum Gasteiger partial charge on any atom is 0.416 e. The predicted molar refractivity (Wildman–Crippen MR) is 104 cm³/mol. The normalized spacial score (nSPS) is 17.6. The van der Waals surface area contributed by atoms with E-state index >= 15 is 0 Å². The van der Waals surface area contributed by atoms with E-state index in [2.05, 4.69) is 10.2 Å². The molecule has 1 unspecified atom stereocenters. The summed E-state index contributed by atoms with van der Waals surface area (Å²) in [6.07, 6.45) is -2.44. The van der Waals surface area contributed by atoms with Crippen LogP contribution in [-0.2, 0) is 6.18 Å². The molecule has 3 rings (SSSR count). The number of anilines is 2. The molecule has 0 radical (unpaired) electrons. The molecule has 0 saturated carbocycles. The first-order valence-corrected chi connectivity index (χ1v) is 9.24. The van der Waals surface area contributed by atoms with E-state index in [0.717, 1.165) is 25.0 Å². The Hall–Kier alpha value is -2.54. The van der Waals surface area contributed by atoms with Gasteiger partial charge in [0.2, 0.25) is 0 Å². The van der Waals surface area contributed by atoms with Gasteiger partial charge in [0.05, 0.1) is 16.8 Å². The van der Waals surface area contributed by atoms with Crippen LogP contribution in [0.15, 0.2) is 48.5 Å². The van der Waals surface area contributed by atoms with Crippen LogP contribution < -0.4 is 5.32 Å². The first kappa shape index (κ1) is 20.2. The van der Waals surface area contributed by atoms with E-state index in [4.69, 9.17) is 0 Å². The third-order valence-electron chi connectivity index (χ3n) is 5.04. The van der Waals surface area contributed by atoms with Crippen LogP contribution in [0.1, 0.15) is 28.8 Å². The van der Waals surface area contributed by atoms with Crippen LogP contribution in [0.2, 0.25) is 0 Å². The molecule has 150 valence electrons. The molecular weight excluding hydrogens is 367 g/mol. The van der Waals surface area contributed by atoms with Gasteiger partial charge in [0.15, 0.2) is 0 Å². The Labute approximate surface area is 162 Å². The molecule has 0 bridgehead atoms. The van der Waals surface area contributed by atoms with Gasteiger partial charge in [0, 0.05) is 24.8 Å². The van der Waals surface area contributed by atoms with Crippen molar-refractivity contribution in [3.63, 3.8) is 0 Å². The predicted octanol–water partition coefficient (Wildman–Crippen LogP) is 4.62. The summed E-state index contributed by atoms with van der Waals surface area (Å²) in [5.74, 6) is -0.110. The number of hydrogen-bond acceptors (Lipinski definition) is 3. The average molecular weight is 391 g/mol. The first-order valence-electron chi connectivity index (χ1n) is 9.24. The number of carbonyl (C=O) groups excluding carboxylic acids is 1. The lowest BCUT2D eigenvalue weighted by Crippen LogP contribution is -2.47. The summed E-state index contributed by atoms with van der Waals surface area (Å²) in [7, 11) is 4.00. The number of carbonyl (C=O) groups is 1. The van der Waals surface area contributed by atoms with Gasteiger partial charge >= 0.3 is 6.18 Å². The number of rotatable bonds is 4. The fourth-order valence-corrected chi connectivity index (χ4v) is 3.44. The maximum atomic E-state index is 13.1. The minimum atomic E-state index is -4.41. The molecule has 0 aromatic heterocycles. The summed E-state index contributed by atoms with van der Waals surface area (Å²) >= 11 is 0. The van der Waals surface area contributed by atoms with Crippen molar-refractivity contribution in [3.8, 4) is 0 Å². The molecule has 0 aliphatic carbocycles. The van der Waals surface area contributed by atoms with Crippen LogP contribution in [0, 0.1) is 0 Å². The molecule has 1 aliphatic heterocycles.